The highest BCUT2D eigenvalue weighted by atomic mass is 19.1. The Morgan fingerprint density at radius 2 is 1.85 bits per heavy atom. The number of anilines is 1. The van der Waals surface area contributed by atoms with Gasteiger partial charge in [0.2, 0.25) is 11.8 Å². The fourth-order valence-electron chi connectivity index (χ4n) is 3.71. The number of fused-ring (bicyclic) bond motifs is 1. The van der Waals surface area contributed by atoms with Gasteiger partial charge in [-0.15, -0.1) is 0 Å². The molecule has 1 atom stereocenters. The highest BCUT2D eigenvalue weighted by Crippen LogP contribution is 2.37. The molecule has 0 fully saturated rings. The zero-order valence-electron chi connectivity index (χ0n) is 16.0. The van der Waals surface area contributed by atoms with Gasteiger partial charge in [0, 0.05) is 17.2 Å². The third-order valence-corrected chi connectivity index (χ3v) is 5.21. The van der Waals surface area contributed by atoms with E-state index in [0.29, 0.717) is 18.5 Å². The predicted octanol–water partition coefficient (Wildman–Crippen LogP) is 4.44. The molecular formula is C22H25FN2O2. The van der Waals surface area contributed by atoms with Crippen LogP contribution in [-0.4, -0.2) is 23.3 Å². The van der Waals surface area contributed by atoms with Crippen LogP contribution in [0.15, 0.2) is 42.5 Å². The molecule has 4 nitrogen and oxygen atoms in total. The number of hydrogen-bond donors (Lipinski definition) is 1. The zero-order chi connectivity index (χ0) is 19.6. The summed E-state index contributed by atoms with van der Waals surface area (Å²) < 4.78 is 13.5. The van der Waals surface area contributed by atoms with E-state index < -0.39 is 6.04 Å². The Bertz CT molecular complexity index is 844. The fourth-order valence-corrected chi connectivity index (χ4v) is 3.71. The number of hydrogen-bond acceptors (Lipinski definition) is 2. The first-order valence-corrected chi connectivity index (χ1v) is 9.40. The minimum absolute atomic E-state index is 0.0227. The molecule has 5 heteroatoms. The van der Waals surface area contributed by atoms with Crippen molar-refractivity contribution in [1.82, 2.24) is 4.90 Å². The molecule has 0 aliphatic carbocycles. The van der Waals surface area contributed by atoms with E-state index in [9.17, 15) is 14.0 Å². The van der Waals surface area contributed by atoms with Gasteiger partial charge in [0.05, 0.1) is 6.04 Å². The Kier molecular flexibility index (Phi) is 5.59. The van der Waals surface area contributed by atoms with Crippen molar-refractivity contribution in [3.63, 3.8) is 0 Å². The Balaban J connectivity index is 2.18. The van der Waals surface area contributed by atoms with E-state index in [1.54, 1.807) is 17.0 Å². The van der Waals surface area contributed by atoms with Crippen molar-refractivity contribution in [3.8, 4) is 0 Å². The smallest absolute Gasteiger partial charge is 0.244 e. The van der Waals surface area contributed by atoms with E-state index in [1.165, 1.54) is 12.1 Å². The van der Waals surface area contributed by atoms with Crippen molar-refractivity contribution in [1.29, 1.82) is 0 Å². The summed E-state index contributed by atoms with van der Waals surface area (Å²) in [7, 11) is 0. The van der Waals surface area contributed by atoms with Gasteiger partial charge in [-0.2, -0.15) is 0 Å². The monoisotopic (exact) mass is 368 g/mol. The third kappa shape index (κ3) is 3.87. The third-order valence-electron chi connectivity index (χ3n) is 5.21. The van der Waals surface area contributed by atoms with E-state index in [1.807, 2.05) is 39.0 Å². The molecule has 0 aromatic heterocycles. The molecule has 0 bridgehead atoms. The van der Waals surface area contributed by atoms with Gasteiger partial charge in [-0.3, -0.25) is 9.59 Å². The maximum atomic E-state index is 13.5. The lowest BCUT2D eigenvalue weighted by Crippen LogP contribution is -2.42. The van der Waals surface area contributed by atoms with Crippen LogP contribution in [-0.2, 0) is 9.59 Å². The van der Waals surface area contributed by atoms with Crippen molar-refractivity contribution >= 4 is 17.5 Å². The molecule has 1 N–H and O–H groups in total. The zero-order valence-corrected chi connectivity index (χ0v) is 16.0. The predicted molar refractivity (Wildman–Crippen MR) is 104 cm³/mol. The van der Waals surface area contributed by atoms with Crippen molar-refractivity contribution in [2.24, 2.45) is 5.92 Å². The summed E-state index contributed by atoms with van der Waals surface area (Å²) in [5.74, 6) is -0.737. The fraction of sp³-hybridized carbons (Fsp3) is 0.364. The lowest BCUT2D eigenvalue weighted by molar-refractivity contribution is -0.140. The normalized spacial score (nSPS) is 16.7. The summed E-state index contributed by atoms with van der Waals surface area (Å²) in [6, 6.07) is 11.5. The summed E-state index contributed by atoms with van der Waals surface area (Å²) in [6.07, 6.45) is 1.43. The lowest BCUT2D eigenvalue weighted by Gasteiger charge is -2.33. The van der Waals surface area contributed by atoms with Gasteiger partial charge in [0.15, 0.2) is 0 Å². The van der Waals surface area contributed by atoms with Crippen molar-refractivity contribution in [2.45, 2.75) is 39.7 Å². The van der Waals surface area contributed by atoms with Crippen LogP contribution < -0.4 is 5.32 Å². The molecule has 1 aliphatic heterocycles. The highest BCUT2D eigenvalue weighted by Gasteiger charge is 2.35. The first kappa shape index (κ1) is 19.1. The van der Waals surface area contributed by atoms with Crippen molar-refractivity contribution in [3.05, 3.63) is 65.0 Å². The number of halogens is 1. The van der Waals surface area contributed by atoms with E-state index in [-0.39, 0.29) is 30.1 Å². The average Bonchev–Trinajstić information content (AvgIpc) is 2.79. The van der Waals surface area contributed by atoms with Crippen LogP contribution in [0.4, 0.5) is 10.1 Å². The van der Waals surface area contributed by atoms with Crippen molar-refractivity contribution in [2.75, 3.05) is 11.9 Å². The molecule has 0 saturated carbocycles. The lowest BCUT2D eigenvalue weighted by atomic mass is 9.92. The Morgan fingerprint density at radius 3 is 2.48 bits per heavy atom. The molecule has 0 saturated heterocycles. The van der Waals surface area contributed by atoms with Crippen LogP contribution in [0.2, 0.25) is 0 Å². The second-order valence-corrected chi connectivity index (χ2v) is 7.07. The van der Waals surface area contributed by atoms with Gasteiger partial charge in [-0.25, -0.2) is 4.39 Å². The second kappa shape index (κ2) is 7.91. The minimum Gasteiger partial charge on any atom is -0.324 e. The molecule has 2 aromatic rings. The minimum atomic E-state index is -0.437. The number of benzene rings is 2. The topological polar surface area (TPSA) is 49.4 Å². The molecule has 2 amide bonds. The van der Waals surface area contributed by atoms with Crippen LogP contribution in [0, 0.1) is 18.7 Å². The number of nitrogens with one attached hydrogen (secondary N) is 1. The van der Waals surface area contributed by atoms with Gasteiger partial charge in [-0.1, -0.05) is 43.7 Å². The molecule has 3 rings (SSSR count). The highest BCUT2D eigenvalue weighted by molar-refractivity contribution is 5.97. The molecule has 1 aliphatic rings. The maximum Gasteiger partial charge on any atom is 0.244 e. The Hall–Kier alpha value is -2.69. The SMILES string of the molecule is CCC(CC)C(=O)N1CC(=O)Nc2ccc(C)cc2[C@H]1c1ccc(F)cc1. The first-order valence-electron chi connectivity index (χ1n) is 9.40. The number of rotatable bonds is 4. The van der Waals surface area contributed by atoms with E-state index in [0.717, 1.165) is 16.7 Å². The van der Waals surface area contributed by atoms with Crippen LogP contribution in [0.5, 0.6) is 0 Å². The molecule has 0 radical (unpaired) electrons. The van der Waals surface area contributed by atoms with Crippen LogP contribution in [0.1, 0.15) is 49.4 Å². The quantitative estimate of drug-likeness (QED) is 0.867. The second-order valence-electron chi connectivity index (χ2n) is 7.07. The van der Waals surface area contributed by atoms with E-state index >= 15 is 0 Å². The van der Waals surface area contributed by atoms with Crippen LogP contribution >= 0.6 is 0 Å². The number of nitrogens with zero attached hydrogens (tertiary/aromatic N) is 1. The van der Waals surface area contributed by atoms with E-state index in [4.69, 9.17) is 0 Å². The van der Waals surface area contributed by atoms with Crippen molar-refractivity contribution < 1.29 is 14.0 Å². The van der Waals surface area contributed by atoms with E-state index in [2.05, 4.69) is 5.32 Å². The summed E-state index contributed by atoms with van der Waals surface area (Å²) in [6.45, 7) is 5.91. The molecule has 1 heterocycles. The standard InChI is InChI=1S/C22H25FN2O2/c1-4-15(5-2)22(27)25-13-20(26)24-19-11-6-14(3)12-18(19)21(25)16-7-9-17(23)10-8-16/h6-12,15,21H,4-5,13H2,1-3H3,(H,24,26)/t21-/m1/s1. The van der Waals surface area contributed by atoms with Gasteiger partial charge < -0.3 is 10.2 Å². The summed E-state index contributed by atoms with van der Waals surface area (Å²) in [5.41, 5.74) is 3.37. The van der Waals surface area contributed by atoms with Crippen LogP contribution in [0.3, 0.4) is 0 Å². The van der Waals surface area contributed by atoms with Gasteiger partial charge in [0.25, 0.3) is 0 Å². The van der Waals surface area contributed by atoms with Crippen LogP contribution in [0.25, 0.3) is 0 Å². The average molecular weight is 368 g/mol. The molecule has 142 valence electrons. The number of carbonyl (C=O) groups excluding carboxylic acids is 2. The summed E-state index contributed by atoms with van der Waals surface area (Å²) >= 11 is 0. The number of carbonyl (C=O) groups is 2. The maximum absolute atomic E-state index is 13.5. The molecule has 27 heavy (non-hydrogen) atoms. The van der Waals surface area contributed by atoms with Gasteiger partial charge >= 0.3 is 0 Å². The Morgan fingerprint density at radius 1 is 1.19 bits per heavy atom. The number of aryl methyl sites for hydroxylation is 1. The summed E-state index contributed by atoms with van der Waals surface area (Å²) in [5, 5.41) is 2.91. The largest absolute Gasteiger partial charge is 0.324 e. The first-order chi connectivity index (χ1) is 12.9. The number of amides is 2. The molecular weight excluding hydrogens is 343 g/mol. The molecule has 0 spiro atoms. The van der Waals surface area contributed by atoms with Gasteiger partial charge in [-0.05, 0) is 43.5 Å². The Labute approximate surface area is 159 Å². The molecule has 0 unspecified atom stereocenters. The van der Waals surface area contributed by atoms with Gasteiger partial charge in [0.1, 0.15) is 12.4 Å². The molecule has 2 aromatic carbocycles. The summed E-state index contributed by atoms with van der Waals surface area (Å²) in [4.78, 5) is 27.4.